The second kappa shape index (κ2) is 8.48. The Labute approximate surface area is 182 Å². The number of halogens is 1. The first-order valence-corrected chi connectivity index (χ1v) is 10.1. The van der Waals surface area contributed by atoms with Crippen LogP contribution in [0.5, 0.6) is 5.75 Å². The fraction of sp³-hybridized carbons (Fsp3) is 0.0435. The van der Waals surface area contributed by atoms with Crippen molar-refractivity contribution in [3.63, 3.8) is 0 Å². The lowest BCUT2D eigenvalue weighted by Gasteiger charge is -2.10. The first-order chi connectivity index (χ1) is 14.1. The molecule has 0 aromatic heterocycles. The molecule has 0 bridgehead atoms. The normalized spacial score (nSPS) is 14.9. The van der Waals surface area contributed by atoms with Crippen LogP contribution in [0.25, 0.3) is 6.08 Å². The number of ether oxygens (including phenoxy) is 1. The van der Waals surface area contributed by atoms with Crippen LogP contribution in [0, 0.1) is 3.57 Å². The number of imide groups is 1. The summed E-state index contributed by atoms with van der Waals surface area (Å²) in [7, 11) is 0. The van der Waals surface area contributed by atoms with E-state index in [1.807, 2.05) is 54.6 Å². The molecular formula is C23H17IN2O3. The van der Waals surface area contributed by atoms with E-state index in [0.29, 0.717) is 12.3 Å². The Morgan fingerprint density at radius 1 is 0.897 bits per heavy atom. The smallest absolute Gasteiger partial charge is 0.333 e. The molecule has 0 saturated carbocycles. The van der Waals surface area contributed by atoms with Crippen LogP contribution in [-0.4, -0.2) is 11.9 Å². The Bertz CT molecular complexity index is 1060. The molecule has 0 radical (unpaired) electrons. The quantitative estimate of drug-likeness (QED) is 0.309. The number of anilines is 1. The maximum Gasteiger partial charge on any atom is 0.333 e. The number of urea groups is 1. The van der Waals surface area contributed by atoms with E-state index in [0.717, 1.165) is 21.8 Å². The van der Waals surface area contributed by atoms with Crippen molar-refractivity contribution in [1.29, 1.82) is 0 Å². The van der Waals surface area contributed by atoms with Crippen LogP contribution >= 0.6 is 22.6 Å². The molecule has 3 aromatic carbocycles. The number of nitrogens with one attached hydrogen (secondary N) is 1. The largest absolute Gasteiger partial charge is 0.489 e. The minimum atomic E-state index is -0.454. The molecule has 0 spiro atoms. The Balaban J connectivity index is 1.44. The predicted molar refractivity (Wildman–Crippen MR) is 120 cm³/mol. The van der Waals surface area contributed by atoms with Gasteiger partial charge in [0.25, 0.3) is 5.91 Å². The van der Waals surface area contributed by atoms with Crippen LogP contribution in [0.15, 0.2) is 84.6 Å². The van der Waals surface area contributed by atoms with Crippen LogP contribution in [0.1, 0.15) is 11.1 Å². The van der Waals surface area contributed by atoms with Crippen LogP contribution < -0.4 is 15.0 Å². The van der Waals surface area contributed by atoms with E-state index in [-0.39, 0.29) is 11.6 Å². The monoisotopic (exact) mass is 496 g/mol. The van der Waals surface area contributed by atoms with Crippen molar-refractivity contribution in [2.75, 3.05) is 4.90 Å². The van der Waals surface area contributed by atoms with Crippen molar-refractivity contribution in [3.05, 3.63) is 99.3 Å². The van der Waals surface area contributed by atoms with Crippen LogP contribution in [0.4, 0.5) is 10.5 Å². The molecule has 3 aromatic rings. The van der Waals surface area contributed by atoms with Gasteiger partial charge in [0.05, 0.1) is 5.69 Å². The molecule has 0 unspecified atom stereocenters. The van der Waals surface area contributed by atoms with E-state index in [4.69, 9.17) is 4.74 Å². The van der Waals surface area contributed by atoms with Crippen LogP contribution in [0.2, 0.25) is 0 Å². The van der Waals surface area contributed by atoms with Gasteiger partial charge in [-0.15, -0.1) is 0 Å². The standard InChI is InChI=1S/C23H17IN2O3/c24-18-10-6-17(7-11-18)15-29-20-12-8-16(9-13-20)14-21-22(27)26(23(28)25-21)19-4-2-1-3-5-19/h1-14H,15H2,(H,25,28)/b21-14+. The van der Waals surface area contributed by atoms with E-state index < -0.39 is 6.03 Å². The van der Waals surface area contributed by atoms with Crippen molar-refractivity contribution in [3.8, 4) is 5.75 Å². The van der Waals surface area contributed by atoms with Gasteiger partial charge < -0.3 is 10.1 Å². The van der Waals surface area contributed by atoms with E-state index in [2.05, 4.69) is 27.9 Å². The highest BCUT2D eigenvalue weighted by molar-refractivity contribution is 14.1. The molecule has 0 atom stereocenters. The summed E-state index contributed by atoms with van der Waals surface area (Å²) in [6.07, 6.45) is 1.66. The van der Waals surface area contributed by atoms with Gasteiger partial charge in [0, 0.05) is 3.57 Å². The molecule has 1 saturated heterocycles. The Morgan fingerprint density at radius 2 is 1.59 bits per heavy atom. The Hall–Kier alpha value is -3.13. The van der Waals surface area contributed by atoms with Gasteiger partial charge >= 0.3 is 6.03 Å². The average Bonchev–Trinajstić information content (AvgIpc) is 3.02. The molecule has 3 amide bonds. The molecule has 4 rings (SSSR count). The number of carbonyl (C=O) groups is 2. The lowest BCUT2D eigenvalue weighted by molar-refractivity contribution is -0.113. The summed E-state index contributed by atoms with van der Waals surface area (Å²) in [5, 5.41) is 2.63. The van der Waals surface area contributed by atoms with Gasteiger partial charge in [0.1, 0.15) is 18.1 Å². The number of carbonyl (C=O) groups excluding carboxylic acids is 2. The second-order valence-electron chi connectivity index (χ2n) is 6.45. The summed E-state index contributed by atoms with van der Waals surface area (Å²) in [5.74, 6) is 0.360. The fourth-order valence-corrected chi connectivity index (χ4v) is 3.28. The molecular weight excluding hydrogens is 479 g/mol. The number of hydrogen-bond donors (Lipinski definition) is 1. The molecule has 5 nitrogen and oxygen atoms in total. The van der Waals surface area contributed by atoms with E-state index >= 15 is 0 Å². The van der Waals surface area contributed by atoms with Crippen molar-refractivity contribution in [2.45, 2.75) is 6.61 Å². The first kappa shape index (κ1) is 19.2. The Morgan fingerprint density at radius 3 is 2.28 bits per heavy atom. The third kappa shape index (κ3) is 4.48. The predicted octanol–water partition coefficient (Wildman–Crippen LogP) is 4.97. The van der Waals surface area contributed by atoms with E-state index in [1.54, 1.807) is 30.3 Å². The third-order valence-corrected chi connectivity index (χ3v) is 5.12. The topological polar surface area (TPSA) is 58.6 Å². The lowest BCUT2D eigenvalue weighted by Crippen LogP contribution is -2.30. The SMILES string of the molecule is O=C1N/C(=C/c2ccc(OCc3ccc(I)cc3)cc2)C(=O)N1c1ccccc1. The summed E-state index contributed by atoms with van der Waals surface area (Å²) in [6, 6.07) is 23.9. The molecule has 1 fully saturated rings. The highest BCUT2D eigenvalue weighted by Gasteiger charge is 2.34. The summed E-state index contributed by atoms with van der Waals surface area (Å²) >= 11 is 2.27. The zero-order chi connectivity index (χ0) is 20.2. The molecule has 1 heterocycles. The summed E-state index contributed by atoms with van der Waals surface area (Å²) in [5.41, 5.74) is 2.67. The van der Waals surface area contributed by atoms with E-state index in [9.17, 15) is 9.59 Å². The number of amides is 3. The van der Waals surface area contributed by atoms with Crippen molar-refractivity contribution >= 4 is 46.3 Å². The Kier molecular flexibility index (Phi) is 5.62. The van der Waals surface area contributed by atoms with Crippen LogP contribution in [-0.2, 0) is 11.4 Å². The van der Waals surface area contributed by atoms with E-state index in [1.165, 1.54) is 3.57 Å². The van der Waals surface area contributed by atoms with Crippen molar-refractivity contribution < 1.29 is 14.3 Å². The fourth-order valence-electron chi connectivity index (χ4n) is 2.92. The van der Waals surface area contributed by atoms with Gasteiger partial charge in [0.2, 0.25) is 0 Å². The zero-order valence-corrected chi connectivity index (χ0v) is 17.5. The van der Waals surface area contributed by atoms with Crippen molar-refractivity contribution in [1.82, 2.24) is 5.32 Å². The molecule has 1 aliphatic rings. The maximum atomic E-state index is 12.6. The van der Waals surface area contributed by atoms with Gasteiger partial charge in [-0.25, -0.2) is 9.69 Å². The number of nitrogens with zero attached hydrogens (tertiary/aromatic N) is 1. The van der Waals surface area contributed by atoms with Gasteiger partial charge in [-0.05, 0) is 76.2 Å². The molecule has 144 valence electrons. The molecule has 1 aliphatic heterocycles. The minimum Gasteiger partial charge on any atom is -0.489 e. The van der Waals surface area contributed by atoms with Gasteiger partial charge in [0.15, 0.2) is 0 Å². The highest BCUT2D eigenvalue weighted by Crippen LogP contribution is 2.22. The van der Waals surface area contributed by atoms with Gasteiger partial charge in [-0.1, -0.05) is 42.5 Å². The number of rotatable bonds is 5. The highest BCUT2D eigenvalue weighted by atomic mass is 127. The summed E-state index contributed by atoms with van der Waals surface area (Å²) < 4.78 is 6.99. The zero-order valence-electron chi connectivity index (χ0n) is 15.3. The van der Waals surface area contributed by atoms with Gasteiger partial charge in [-0.3, -0.25) is 4.79 Å². The second-order valence-corrected chi connectivity index (χ2v) is 7.69. The molecule has 0 aliphatic carbocycles. The average molecular weight is 496 g/mol. The number of benzene rings is 3. The summed E-state index contributed by atoms with van der Waals surface area (Å²) in [4.78, 5) is 26.0. The minimum absolute atomic E-state index is 0.242. The number of para-hydroxylation sites is 1. The van der Waals surface area contributed by atoms with Crippen LogP contribution in [0.3, 0.4) is 0 Å². The first-order valence-electron chi connectivity index (χ1n) is 9.00. The lowest BCUT2D eigenvalue weighted by atomic mass is 10.2. The maximum absolute atomic E-state index is 12.6. The molecule has 1 N–H and O–H groups in total. The third-order valence-electron chi connectivity index (χ3n) is 4.40. The van der Waals surface area contributed by atoms with Crippen molar-refractivity contribution in [2.24, 2.45) is 0 Å². The molecule has 6 heteroatoms. The molecule has 29 heavy (non-hydrogen) atoms. The number of hydrogen-bond acceptors (Lipinski definition) is 3. The summed E-state index contributed by atoms with van der Waals surface area (Å²) in [6.45, 7) is 0.484. The van der Waals surface area contributed by atoms with Gasteiger partial charge in [-0.2, -0.15) is 0 Å².